The van der Waals surface area contributed by atoms with Gasteiger partial charge >= 0.3 is 0 Å². The number of aliphatic imine (C=N–C) groups is 1. The Bertz CT molecular complexity index is 457. The van der Waals surface area contributed by atoms with Gasteiger partial charge in [0, 0.05) is 31.5 Å². The SMILES string of the molecule is CCOCc1ccc(CNC(=NC)NCC(C)(C)SC)cc1. The fraction of sp³-hybridized carbons (Fsp3) is 0.588. The molecule has 0 aliphatic rings. The molecule has 0 saturated carbocycles. The van der Waals surface area contributed by atoms with Gasteiger partial charge in [0.15, 0.2) is 5.96 Å². The van der Waals surface area contributed by atoms with Crippen LogP contribution in [0.25, 0.3) is 0 Å². The van der Waals surface area contributed by atoms with Gasteiger partial charge < -0.3 is 15.4 Å². The van der Waals surface area contributed by atoms with Gasteiger partial charge in [-0.25, -0.2) is 0 Å². The van der Waals surface area contributed by atoms with Crippen molar-refractivity contribution < 1.29 is 4.74 Å². The highest BCUT2D eigenvalue weighted by atomic mass is 32.2. The molecule has 22 heavy (non-hydrogen) atoms. The van der Waals surface area contributed by atoms with Crippen LogP contribution < -0.4 is 10.6 Å². The molecule has 0 heterocycles. The van der Waals surface area contributed by atoms with Gasteiger partial charge in [0.2, 0.25) is 0 Å². The van der Waals surface area contributed by atoms with E-state index in [4.69, 9.17) is 4.74 Å². The summed E-state index contributed by atoms with van der Waals surface area (Å²) in [6, 6.07) is 8.47. The summed E-state index contributed by atoms with van der Waals surface area (Å²) in [6.07, 6.45) is 2.13. The highest BCUT2D eigenvalue weighted by Crippen LogP contribution is 2.19. The van der Waals surface area contributed by atoms with Crippen LogP contribution in [0, 0.1) is 0 Å². The Morgan fingerprint density at radius 2 is 1.82 bits per heavy atom. The molecular weight excluding hydrogens is 294 g/mol. The second-order valence-corrected chi connectivity index (χ2v) is 7.21. The Kier molecular flexibility index (Phi) is 8.35. The first-order chi connectivity index (χ1) is 10.5. The van der Waals surface area contributed by atoms with Gasteiger partial charge in [-0.05, 0) is 38.2 Å². The van der Waals surface area contributed by atoms with Gasteiger partial charge in [-0.3, -0.25) is 4.99 Å². The fourth-order valence-electron chi connectivity index (χ4n) is 1.75. The second kappa shape index (κ2) is 9.74. The molecule has 1 rings (SSSR count). The van der Waals surface area contributed by atoms with Gasteiger partial charge in [-0.2, -0.15) is 11.8 Å². The zero-order valence-electron chi connectivity index (χ0n) is 14.4. The standard InChI is InChI=1S/C17H29N3OS/c1-6-21-12-15-9-7-14(8-10-15)11-19-16(18-4)20-13-17(2,3)22-5/h7-10H,6,11-13H2,1-5H3,(H2,18,19,20). The molecule has 0 aliphatic carbocycles. The smallest absolute Gasteiger partial charge is 0.191 e. The number of rotatable bonds is 8. The molecular formula is C17H29N3OS. The number of thioether (sulfide) groups is 1. The van der Waals surface area contributed by atoms with Crippen LogP contribution in [-0.2, 0) is 17.9 Å². The largest absolute Gasteiger partial charge is 0.377 e. The number of hydrogen-bond donors (Lipinski definition) is 2. The number of guanidine groups is 1. The first-order valence-electron chi connectivity index (χ1n) is 7.66. The Balaban J connectivity index is 2.43. The monoisotopic (exact) mass is 323 g/mol. The lowest BCUT2D eigenvalue weighted by atomic mass is 10.1. The van der Waals surface area contributed by atoms with E-state index in [1.807, 2.05) is 18.7 Å². The summed E-state index contributed by atoms with van der Waals surface area (Å²) in [5.41, 5.74) is 2.43. The van der Waals surface area contributed by atoms with Crippen molar-refractivity contribution in [3.05, 3.63) is 35.4 Å². The number of ether oxygens (including phenoxy) is 1. The van der Waals surface area contributed by atoms with Crippen LogP contribution in [0.3, 0.4) is 0 Å². The van der Waals surface area contributed by atoms with Crippen molar-refractivity contribution in [1.82, 2.24) is 10.6 Å². The van der Waals surface area contributed by atoms with Crippen molar-refractivity contribution in [2.75, 3.05) is 26.5 Å². The van der Waals surface area contributed by atoms with E-state index in [1.54, 1.807) is 7.05 Å². The van der Waals surface area contributed by atoms with Crippen molar-refractivity contribution in [3.63, 3.8) is 0 Å². The van der Waals surface area contributed by atoms with E-state index in [0.29, 0.717) is 6.61 Å². The first kappa shape index (κ1) is 18.8. The van der Waals surface area contributed by atoms with Crippen LogP contribution >= 0.6 is 11.8 Å². The van der Waals surface area contributed by atoms with E-state index in [2.05, 4.69) is 60.0 Å². The summed E-state index contributed by atoms with van der Waals surface area (Å²) >= 11 is 1.84. The zero-order chi connectivity index (χ0) is 16.4. The van der Waals surface area contributed by atoms with Gasteiger partial charge in [0.1, 0.15) is 0 Å². The average Bonchev–Trinajstić information content (AvgIpc) is 2.54. The zero-order valence-corrected chi connectivity index (χ0v) is 15.2. The predicted molar refractivity (Wildman–Crippen MR) is 97.6 cm³/mol. The second-order valence-electron chi connectivity index (χ2n) is 5.70. The summed E-state index contributed by atoms with van der Waals surface area (Å²) < 4.78 is 5.60. The van der Waals surface area contributed by atoms with Crippen molar-refractivity contribution in [2.24, 2.45) is 4.99 Å². The number of nitrogens with one attached hydrogen (secondary N) is 2. The van der Waals surface area contributed by atoms with E-state index in [9.17, 15) is 0 Å². The highest BCUT2D eigenvalue weighted by Gasteiger charge is 2.15. The van der Waals surface area contributed by atoms with Crippen molar-refractivity contribution in [3.8, 4) is 0 Å². The molecule has 0 bridgehead atoms. The average molecular weight is 324 g/mol. The fourth-order valence-corrected chi connectivity index (χ4v) is 1.96. The minimum absolute atomic E-state index is 0.193. The summed E-state index contributed by atoms with van der Waals surface area (Å²) in [5, 5.41) is 6.71. The molecule has 1 aromatic carbocycles. The van der Waals surface area contributed by atoms with Crippen molar-refractivity contribution in [1.29, 1.82) is 0 Å². The maximum Gasteiger partial charge on any atom is 0.191 e. The van der Waals surface area contributed by atoms with Crippen molar-refractivity contribution in [2.45, 2.75) is 38.7 Å². The Labute approximate surface area is 139 Å². The van der Waals surface area contributed by atoms with E-state index in [1.165, 1.54) is 11.1 Å². The quantitative estimate of drug-likeness (QED) is 0.570. The molecule has 124 valence electrons. The van der Waals surface area contributed by atoms with Crippen molar-refractivity contribution >= 4 is 17.7 Å². The lowest BCUT2D eigenvalue weighted by molar-refractivity contribution is 0.134. The Morgan fingerprint density at radius 1 is 1.18 bits per heavy atom. The Hall–Kier alpha value is -1.20. The minimum atomic E-state index is 0.193. The maximum absolute atomic E-state index is 5.40. The lowest BCUT2D eigenvalue weighted by Gasteiger charge is -2.23. The van der Waals surface area contributed by atoms with Crippen LogP contribution in [0.1, 0.15) is 31.9 Å². The van der Waals surface area contributed by atoms with Crippen LogP contribution in [-0.4, -0.2) is 37.2 Å². The maximum atomic E-state index is 5.40. The van der Waals surface area contributed by atoms with E-state index in [0.717, 1.165) is 25.7 Å². The summed E-state index contributed by atoms with van der Waals surface area (Å²) in [6.45, 7) is 9.50. The van der Waals surface area contributed by atoms with Gasteiger partial charge in [0.25, 0.3) is 0 Å². The van der Waals surface area contributed by atoms with Gasteiger partial charge in [-0.1, -0.05) is 24.3 Å². The molecule has 1 aromatic rings. The summed E-state index contributed by atoms with van der Waals surface area (Å²) in [7, 11) is 1.80. The van der Waals surface area contributed by atoms with Crippen LogP contribution in [0.5, 0.6) is 0 Å². The van der Waals surface area contributed by atoms with Crippen LogP contribution in [0.2, 0.25) is 0 Å². The molecule has 4 nitrogen and oxygen atoms in total. The number of nitrogens with zero attached hydrogens (tertiary/aromatic N) is 1. The Morgan fingerprint density at radius 3 is 2.36 bits per heavy atom. The molecule has 0 saturated heterocycles. The molecule has 0 aromatic heterocycles. The summed E-state index contributed by atoms with van der Waals surface area (Å²) in [4.78, 5) is 4.26. The minimum Gasteiger partial charge on any atom is -0.377 e. The highest BCUT2D eigenvalue weighted by molar-refractivity contribution is 7.99. The van der Waals surface area contributed by atoms with Gasteiger partial charge in [-0.15, -0.1) is 0 Å². The van der Waals surface area contributed by atoms with Gasteiger partial charge in [0.05, 0.1) is 6.61 Å². The normalized spacial score (nSPS) is 12.3. The van der Waals surface area contributed by atoms with Crippen LogP contribution in [0.15, 0.2) is 29.3 Å². The molecule has 0 radical (unpaired) electrons. The molecule has 0 unspecified atom stereocenters. The van der Waals surface area contributed by atoms with Crippen LogP contribution in [0.4, 0.5) is 0 Å². The molecule has 0 amide bonds. The third-order valence-electron chi connectivity index (χ3n) is 3.41. The number of hydrogen-bond acceptors (Lipinski definition) is 3. The first-order valence-corrected chi connectivity index (χ1v) is 8.88. The van der Waals surface area contributed by atoms with E-state index in [-0.39, 0.29) is 4.75 Å². The van der Waals surface area contributed by atoms with E-state index < -0.39 is 0 Å². The lowest BCUT2D eigenvalue weighted by Crippen LogP contribution is -2.42. The molecule has 0 fully saturated rings. The molecule has 2 N–H and O–H groups in total. The molecule has 0 aliphatic heterocycles. The molecule has 5 heteroatoms. The molecule has 0 atom stereocenters. The third-order valence-corrected chi connectivity index (χ3v) is 4.66. The predicted octanol–water partition coefficient (Wildman–Crippen LogP) is 3.03. The third kappa shape index (κ3) is 7.18. The van der Waals surface area contributed by atoms with E-state index >= 15 is 0 Å². The summed E-state index contributed by atoms with van der Waals surface area (Å²) in [5.74, 6) is 0.834. The number of benzene rings is 1. The topological polar surface area (TPSA) is 45.6 Å². The molecule has 0 spiro atoms.